The molecule has 0 spiro atoms. The first-order chi connectivity index (χ1) is 10.8. The Labute approximate surface area is 149 Å². The van der Waals surface area contributed by atoms with Gasteiger partial charge in [0.05, 0.1) is 31.5 Å². The van der Waals surface area contributed by atoms with Gasteiger partial charge in [0.15, 0.2) is 0 Å². The van der Waals surface area contributed by atoms with E-state index in [9.17, 15) is 4.89 Å². The second-order valence-electron chi connectivity index (χ2n) is 5.49. The standard InChI is InChI=1S/C10H16B2O7P2S2/c11-9-2-6-8(17-9)4-14-20(22)18-7-1-5(16-10(7)12)3-15-21(13,23)19-6/h5-10,22H,1-4H2,(H,13,23)/t5?,6-,7+,8?,9+,10?,20?,21?/m0/s1. The van der Waals surface area contributed by atoms with Crippen LogP contribution in [0.3, 0.4) is 0 Å². The van der Waals surface area contributed by atoms with Crippen molar-refractivity contribution in [3.05, 3.63) is 0 Å². The Bertz CT molecular complexity index is 478. The molecule has 0 aliphatic carbocycles. The molecule has 2 bridgehead atoms. The molecule has 0 saturated carbocycles. The molecule has 3 fully saturated rings. The van der Waals surface area contributed by atoms with Crippen molar-refractivity contribution >= 4 is 54.0 Å². The molecule has 23 heavy (non-hydrogen) atoms. The van der Waals surface area contributed by atoms with Crippen molar-refractivity contribution in [1.82, 2.24) is 0 Å². The van der Waals surface area contributed by atoms with E-state index in [-0.39, 0.29) is 25.4 Å². The first-order valence-electron chi connectivity index (χ1n) is 7.09. The van der Waals surface area contributed by atoms with E-state index in [2.05, 4.69) is 12.2 Å². The monoisotopic (exact) mass is 396 g/mol. The number of fused-ring (bicyclic) bond motifs is 3. The molecule has 5 unspecified atom stereocenters. The highest BCUT2D eigenvalue weighted by atomic mass is 32.7. The maximum atomic E-state index is 10.2. The lowest BCUT2D eigenvalue weighted by Crippen LogP contribution is -2.29. The Hall–Kier alpha value is 1.28. The van der Waals surface area contributed by atoms with Crippen LogP contribution in [0.5, 0.6) is 0 Å². The number of rotatable bonds is 0. The lowest BCUT2D eigenvalue weighted by atomic mass is 9.95. The Kier molecular flexibility index (Phi) is 6.53. The van der Waals surface area contributed by atoms with Gasteiger partial charge in [0, 0.05) is 18.4 Å². The van der Waals surface area contributed by atoms with Gasteiger partial charge in [-0.3, -0.25) is 0 Å². The molecule has 3 aliphatic heterocycles. The minimum Gasteiger partial charge on any atom is -0.380 e. The van der Waals surface area contributed by atoms with Gasteiger partial charge in [0.25, 0.3) is 0 Å². The van der Waals surface area contributed by atoms with Crippen molar-refractivity contribution in [3.63, 3.8) is 0 Å². The molecule has 4 radical (unpaired) electrons. The first kappa shape index (κ1) is 19.1. The van der Waals surface area contributed by atoms with E-state index in [4.69, 9.17) is 55.1 Å². The molecule has 1 N–H and O–H groups in total. The van der Waals surface area contributed by atoms with E-state index in [1.807, 2.05) is 0 Å². The van der Waals surface area contributed by atoms with E-state index in [0.29, 0.717) is 12.8 Å². The van der Waals surface area contributed by atoms with Crippen LogP contribution in [-0.4, -0.2) is 70.2 Å². The van der Waals surface area contributed by atoms with Gasteiger partial charge in [-0.05, 0) is 18.2 Å². The van der Waals surface area contributed by atoms with Crippen LogP contribution in [0.2, 0.25) is 0 Å². The van der Waals surface area contributed by atoms with Crippen molar-refractivity contribution in [3.8, 4) is 0 Å². The molecular formula is C10H16B2O7P2S2. The maximum Gasteiger partial charge on any atom is 0.324 e. The Morgan fingerprint density at radius 2 is 1.91 bits per heavy atom. The number of ether oxygens (including phenoxy) is 2. The summed E-state index contributed by atoms with van der Waals surface area (Å²) in [5, 5.41) is 0. The van der Waals surface area contributed by atoms with E-state index in [1.54, 1.807) is 0 Å². The topological polar surface area (TPSA) is 75.6 Å². The van der Waals surface area contributed by atoms with Gasteiger partial charge >= 0.3 is 6.72 Å². The quantitative estimate of drug-likeness (QED) is 0.353. The van der Waals surface area contributed by atoms with Crippen LogP contribution in [-0.2, 0) is 39.4 Å². The number of thiol groups is 1. The number of hydrogen-bond donors (Lipinski definition) is 2. The fourth-order valence-corrected chi connectivity index (χ4v) is 5.47. The summed E-state index contributed by atoms with van der Waals surface area (Å²) in [5.74, 6) is 0. The Balaban J connectivity index is 1.72. The van der Waals surface area contributed by atoms with Gasteiger partial charge in [-0.15, -0.1) is 0 Å². The van der Waals surface area contributed by atoms with Crippen molar-refractivity contribution in [1.29, 1.82) is 0 Å². The fraction of sp³-hybridized carbons (Fsp3) is 1.00. The summed E-state index contributed by atoms with van der Waals surface area (Å²) in [6, 6.07) is -1.13. The largest absolute Gasteiger partial charge is 0.380 e. The normalized spacial score (nSPS) is 52.2. The Morgan fingerprint density at radius 1 is 1.13 bits per heavy atom. The zero-order valence-corrected chi connectivity index (χ0v) is 15.6. The molecular weight excluding hydrogens is 380 g/mol. The summed E-state index contributed by atoms with van der Waals surface area (Å²) in [7, 11) is 10.2. The van der Waals surface area contributed by atoms with E-state index < -0.39 is 38.5 Å². The lowest BCUT2D eigenvalue weighted by molar-refractivity contribution is -0.00558. The van der Waals surface area contributed by atoms with Crippen molar-refractivity contribution in [2.45, 2.75) is 49.3 Å². The highest BCUT2D eigenvalue weighted by Crippen LogP contribution is 2.51. The molecule has 3 rings (SSSR count). The highest BCUT2D eigenvalue weighted by Gasteiger charge is 2.40. The van der Waals surface area contributed by atoms with Gasteiger partial charge < -0.3 is 32.5 Å². The summed E-state index contributed by atoms with van der Waals surface area (Å²) in [4.78, 5) is 10.2. The molecule has 3 aliphatic rings. The van der Waals surface area contributed by atoms with Crippen molar-refractivity contribution in [2.24, 2.45) is 0 Å². The van der Waals surface area contributed by atoms with E-state index in [0.717, 1.165) is 0 Å². The summed E-state index contributed by atoms with van der Waals surface area (Å²) >= 11 is 9.34. The second kappa shape index (κ2) is 7.89. The van der Waals surface area contributed by atoms with Crippen LogP contribution in [0.15, 0.2) is 0 Å². The molecule has 7 nitrogen and oxygen atoms in total. The average molecular weight is 396 g/mol. The molecule has 13 heteroatoms. The molecule has 0 amide bonds. The fourth-order valence-electron chi connectivity index (χ4n) is 2.64. The molecule has 0 aromatic heterocycles. The molecule has 3 saturated heterocycles. The zero-order chi connectivity index (χ0) is 16.6. The van der Waals surface area contributed by atoms with Crippen LogP contribution in [0.4, 0.5) is 0 Å². The molecule has 0 aromatic carbocycles. The SMILES string of the molecule is [B]C1OC2COP(O)(=S)O[C@H]3C[C@H]([B])OC3COP(S)O[C@@H]1C2. The highest BCUT2D eigenvalue weighted by molar-refractivity contribution is 8.41. The molecule has 8 atom stereocenters. The van der Waals surface area contributed by atoms with Crippen LogP contribution >= 0.6 is 26.5 Å². The smallest absolute Gasteiger partial charge is 0.324 e. The van der Waals surface area contributed by atoms with Gasteiger partial charge in [-0.2, -0.15) is 0 Å². The zero-order valence-electron chi connectivity index (χ0n) is 12.1. The molecule has 3 heterocycles. The van der Waals surface area contributed by atoms with Gasteiger partial charge in [0.2, 0.25) is 7.58 Å². The predicted octanol–water partition coefficient (Wildman–Crippen LogP) is 0.744. The van der Waals surface area contributed by atoms with Gasteiger partial charge in [-0.25, -0.2) is 0 Å². The second-order valence-corrected chi connectivity index (χ2v) is 10.2. The van der Waals surface area contributed by atoms with Gasteiger partial charge in [0.1, 0.15) is 21.8 Å². The van der Waals surface area contributed by atoms with Crippen LogP contribution in [0.1, 0.15) is 12.8 Å². The van der Waals surface area contributed by atoms with Gasteiger partial charge in [-0.1, -0.05) is 12.2 Å². The maximum absolute atomic E-state index is 10.2. The summed E-state index contributed by atoms with van der Waals surface area (Å²) < 4.78 is 33.2. The molecule has 0 aromatic rings. The first-order valence-corrected chi connectivity index (χ1v) is 12.0. The van der Waals surface area contributed by atoms with E-state index >= 15 is 0 Å². The minimum atomic E-state index is -3.45. The molecule has 126 valence electrons. The Morgan fingerprint density at radius 3 is 2.70 bits per heavy atom. The average Bonchev–Trinajstić information content (AvgIpc) is 2.97. The van der Waals surface area contributed by atoms with Crippen LogP contribution in [0.25, 0.3) is 0 Å². The number of hydrogen-bond acceptors (Lipinski definition) is 8. The van der Waals surface area contributed by atoms with Crippen molar-refractivity contribution < 1.29 is 32.5 Å². The summed E-state index contributed by atoms with van der Waals surface area (Å²) in [5.41, 5.74) is 0. The summed E-state index contributed by atoms with van der Waals surface area (Å²) in [6.07, 6.45) is -0.829. The van der Waals surface area contributed by atoms with Crippen LogP contribution < -0.4 is 0 Å². The van der Waals surface area contributed by atoms with E-state index in [1.165, 1.54) is 0 Å². The third-order valence-corrected chi connectivity index (χ3v) is 6.74. The lowest BCUT2D eigenvalue weighted by Gasteiger charge is -2.25. The third-order valence-electron chi connectivity index (χ3n) is 3.71. The minimum absolute atomic E-state index is 0.0665. The summed E-state index contributed by atoms with van der Waals surface area (Å²) in [6.45, 7) is -3.23. The van der Waals surface area contributed by atoms with Crippen LogP contribution in [0, 0.1) is 0 Å². The third kappa shape index (κ3) is 5.14. The van der Waals surface area contributed by atoms with Crippen molar-refractivity contribution in [2.75, 3.05) is 13.2 Å². The predicted molar refractivity (Wildman–Crippen MR) is 92.1 cm³/mol.